The molecule has 2 aromatic heterocycles. The summed E-state index contributed by atoms with van der Waals surface area (Å²) in [5.74, 6) is 1.60. The number of nitrogens with zero attached hydrogens (tertiary/aromatic N) is 2. The molecule has 18 heavy (non-hydrogen) atoms. The molecule has 0 amide bonds. The van der Waals surface area contributed by atoms with Crippen LogP contribution in [0.3, 0.4) is 0 Å². The maximum absolute atomic E-state index is 5.48. The highest BCUT2D eigenvalue weighted by Crippen LogP contribution is 2.20. The summed E-state index contributed by atoms with van der Waals surface area (Å²) in [6.07, 6.45) is 7.09. The van der Waals surface area contributed by atoms with E-state index in [0.717, 1.165) is 43.0 Å². The van der Waals surface area contributed by atoms with Crippen molar-refractivity contribution in [2.45, 2.75) is 19.3 Å². The predicted octanol–water partition coefficient (Wildman–Crippen LogP) is 2.19. The molecule has 0 bridgehead atoms. The molecular weight excluding hydrogens is 228 g/mol. The molecule has 3 heterocycles. The minimum Gasteiger partial charge on any atom is -0.381 e. The standard InChI is InChI=1S/C13H18N4O/c1-2-10(8-18-7-1)3-5-14-12-11-4-6-15-13(11)17-9-16-12/h4,6,9-10H,1-3,5,7-8H2,(H2,14,15,16,17)/t10-/m1/s1. The number of hydrogen-bond acceptors (Lipinski definition) is 4. The number of anilines is 1. The molecule has 1 saturated heterocycles. The fourth-order valence-electron chi connectivity index (χ4n) is 2.44. The molecule has 0 aromatic carbocycles. The van der Waals surface area contributed by atoms with Gasteiger partial charge in [-0.25, -0.2) is 9.97 Å². The Morgan fingerprint density at radius 1 is 1.44 bits per heavy atom. The lowest BCUT2D eigenvalue weighted by Crippen LogP contribution is -2.20. The molecule has 0 spiro atoms. The number of rotatable bonds is 4. The van der Waals surface area contributed by atoms with Gasteiger partial charge in [0.05, 0.1) is 5.39 Å². The van der Waals surface area contributed by atoms with Gasteiger partial charge in [-0.15, -0.1) is 0 Å². The number of hydrogen-bond donors (Lipinski definition) is 2. The fraction of sp³-hybridized carbons (Fsp3) is 0.538. The van der Waals surface area contributed by atoms with Crippen molar-refractivity contribution in [1.82, 2.24) is 15.0 Å². The quantitative estimate of drug-likeness (QED) is 0.868. The Balaban J connectivity index is 1.57. The molecule has 1 fully saturated rings. The van der Waals surface area contributed by atoms with Crippen molar-refractivity contribution in [3.8, 4) is 0 Å². The van der Waals surface area contributed by atoms with Crippen LogP contribution < -0.4 is 5.32 Å². The van der Waals surface area contributed by atoms with Crippen LogP contribution in [0, 0.1) is 5.92 Å². The molecule has 3 rings (SSSR count). The smallest absolute Gasteiger partial charge is 0.142 e. The van der Waals surface area contributed by atoms with Crippen molar-refractivity contribution in [3.63, 3.8) is 0 Å². The van der Waals surface area contributed by atoms with Crippen LogP contribution in [0.4, 0.5) is 5.82 Å². The molecule has 0 aliphatic carbocycles. The molecule has 1 aliphatic rings. The second-order valence-electron chi connectivity index (χ2n) is 4.76. The van der Waals surface area contributed by atoms with E-state index in [9.17, 15) is 0 Å². The van der Waals surface area contributed by atoms with E-state index in [1.54, 1.807) is 6.33 Å². The minimum atomic E-state index is 0.690. The third kappa shape index (κ3) is 2.46. The number of aromatic nitrogens is 3. The van der Waals surface area contributed by atoms with Crippen LogP contribution in [-0.4, -0.2) is 34.7 Å². The van der Waals surface area contributed by atoms with Crippen LogP contribution in [0.1, 0.15) is 19.3 Å². The monoisotopic (exact) mass is 246 g/mol. The highest BCUT2D eigenvalue weighted by atomic mass is 16.5. The fourth-order valence-corrected chi connectivity index (χ4v) is 2.44. The van der Waals surface area contributed by atoms with Crippen LogP contribution >= 0.6 is 0 Å². The average molecular weight is 246 g/mol. The Morgan fingerprint density at radius 3 is 3.33 bits per heavy atom. The van der Waals surface area contributed by atoms with Crippen molar-refractivity contribution in [1.29, 1.82) is 0 Å². The van der Waals surface area contributed by atoms with E-state index < -0.39 is 0 Å². The van der Waals surface area contributed by atoms with Crippen LogP contribution in [0.2, 0.25) is 0 Å². The van der Waals surface area contributed by atoms with Crippen molar-refractivity contribution in [3.05, 3.63) is 18.6 Å². The van der Waals surface area contributed by atoms with Gasteiger partial charge >= 0.3 is 0 Å². The molecule has 1 atom stereocenters. The molecule has 0 saturated carbocycles. The topological polar surface area (TPSA) is 62.8 Å². The summed E-state index contributed by atoms with van der Waals surface area (Å²) in [7, 11) is 0. The van der Waals surface area contributed by atoms with Gasteiger partial charge < -0.3 is 15.0 Å². The zero-order valence-electron chi connectivity index (χ0n) is 10.4. The first-order chi connectivity index (χ1) is 8.93. The summed E-state index contributed by atoms with van der Waals surface area (Å²) in [5.41, 5.74) is 0.883. The summed E-state index contributed by atoms with van der Waals surface area (Å²) >= 11 is 0. The number of H-pyrrole nitrogens is 1. The average Bonchev–Trinajstić information content (AvgIpc) is 2.89. The van der Waals surface area contributed by atoms with E-state index >= 15 is 0 Å². The maximum Gasteiger partial charge on any atom is 0.142 e. The minimum absolute atomic E-state index is 0.690. The van der Waals surface area contributed by atoms with E-state index in [0.29, 0.717) is 5.92 Å². The van der Waals surface area contributed by atoms with Gasteiger partial charge in [0.15, 0.2) is 0 Å². The second-order valence-corrected chi connectivity index (χ2v) is 4.76. The van der Waals surface area contributed by atoms with E-state index in [4.69, 9.17) is 4.74 Å². The SMILES string of the molecule is c1nc(NCC[C@H]2CCCOC2)c2cc[nH]c2n1. The van der Waals surface area contributed by atoms with Crippen molar-refractivity contribution in [2.24, 2.45) is 5.92 Å². The Morgan fingerprint density at radius 2 is 2.44 bits per heavy atom. The molecule has 0 unspecified atom stereocenters. The predicted molar refractivity (Wildman–Crippen MR) is 70.5 cm³/mol. The van der Waals surface area contributed by atoms with Crippen molar-refractivity contribution in [2.75, 3.05) is 25.1 Å². The van der Waals surface area contributed by atoms with Gasteiger partial charge in [0.2, 0.25) is 0 Å². The Labute approximate surface area is 106 Å². The van der Waals surface area contributed by atoms with E-state index in [2.05, 4.69) is 20.3 Å². The molecule has 1 aliphatic heterocycles. The van der Waals surface area contributed by atoms with Crippen LogP contribution in [0.25, 0.3) is 11.0 Å². The van der Waals surface area contributed by atoms with Gasteiger partial charge in [0.25, 0.3) is 0 Å². The summed E-state index contributed by atoms with van der Waals surface area (Å²) in [5, 5.41) is 4.45. The lowest BCUT2D eigenvalue weighted by atomic mass is 9.99. The van der Waals surface area contributed by atoms with Gasteiger partial charge in [-0.2, -0.15) is 0 Å². The van der Waals surface area contributed by atoms with Crippen LogP contribution in [0.5, 0.6) is 0 Å². The molecule has 96 valence electrons. The largest absolute Gasteiger partial charge is 0.381 e. The summed E-state index contributed by atoms with van der Waals surface area (Å²) in [6, 6.07) is 2.00. The van der Waals surface area contributed by atoms with Gasteiger partial charge in [0, 0.05) is 26.0 Å². The van der Waals surface area contributed by atoms with Gasteiger partial charge in [-0.05, 0) is 31.2 Å². The second kappa shape index (κ2) is 5.35. The molecule has 5 heteroatoms. The molecule has 5 nitrogen and oxygen atoms in total. The number of nitrogens with one attached hydrogen (secondary N) is 2. The zero-order valence-corrected chi connectivity index (χ0v) is 10.4. The van der Waals surface area contributed by atoms with Gasteiger partial charge in [-0.3, -0.25) is 0 Å². The third-order valence-corrected chi connectivity index (χ3v) is 3.45. The summed E-state index contributed by atoms with van der Waals surface area (Å²) in [6.45, 7) is 2.77. The van der Waals surface area contributed by atoms with E-state index in [-0.39, 0.29) is 0 Å². The molecule has 0 radical (unpaired) electrons. The van der Waals surface area contributed by atoms with Gasteiger partial charge in [0.1, 0.15) is 17.8 Å². The lowest BCUT2D eigenvalue weighted by molar-refractivity contribution is 0.0530. The first-order valence-electron chi connectivity index (χ1n) is 6.53. The molecular formula is C13H18N4O. The Bertz CT molecular complexity index is 504. The number of ether oxygens (including phenoxy) is 1. The number of aromatic amines is 1. The third-order valence-electron chi connectivity index (χ3n) is 3.45. The first kappa shape index (κ1) is 11.5. The highest BCUT2D eigenvalue weighted by molar-refractivity contribution is 5.86. The summed E-state index contributed by atoms with van der Waals surface area (Å²) in [4.78, 5) is 11.6. The maximum atomic E-state index is 5.48. The van der Waals surface area contributed by atoms with E-state index in [1.807, 2.05) is 12.3 Å². The van der Waals surface area contributed by atoms with Crippen molar-refractivity contribution < 1.29 is 4.74 Å². The molecule has 2 N–H and O–H groups in total. The lowest BCUT2D eigenvalue weighted by Gasteiger charge is -2.22. The first-order valence-corrected chi connectivity index (χ1v) is 6.53. The highest BCUT2D eigenvalue weighted by Gasteiger charge is 2.13. The van der Waals surface area contributed by atoms with Crippen LogP contribution in [-0.2, 0) is 4.74 Å². The zero-order chi connectivity index (χ0) is 12.2. The normalized spacial score (nSPS) is 20.1. The van der Waals surface area contributed by atoms with E-state index in [1.165, 1.54) is 12.8 Å². The number of fused-ring (bicyclic) bond motifs is 1. The van der Waals surface area contributed by atoms with Crippen LogP contribution in [0.15, 0.2) is 18.6 Å². The molecule has 2 aromatic rings. The van der Waals surface area contributed by atoms with Crippen molar-refractivity contribution >= 4 is 16.9 Å². The summed E-state index contributed by atoms with van der Waals surface area (Å²) < 4.78 is 5.48. The Kier molecular flexibility index (Phi) is 3.41. The Hall–Kier alpha value is -1.62. The van der Waals surface area contributed by atoms with Gasteiger partial charge in [-0.1, -0.05) is 0 Å².